The van der Waals surface area contributed by atoms with Crippen molar-refractivity contribution in [2.45, 2.75) is 20.0 Å². The molecule has 2 aromatic rings. The Morgan fingerprint density at radius 2 is 1.75 bits per heavy atom. The summed E-state index contributed by atoms with van der Waals surface area (Å²) in [7, 11) is 1.52. The van der Waals surface area contributed by atoms with E-state index in [9.17, 15) is 9.50 Å². The summed E-state index contributed by atoms with van der Waals surface area (Å²) >= 11 is 5.92. The highest BCUT2D eigenvalue weighted by Crippen LogP contribution is 2.35. The molecule has 4 heteroatoms. The Bertz CT molecular complexity index is 617. The zero-order valence-corrected chi connectivity index (χ0v) is 12.3. The molecule has 0 fully saturated rings. The van der Waals surface area contributed by atoms with Gasteiger partial charge in [0.1, 0.15) is 17.7 Å². The summed E-state index contributed by atoms with van der Waals surface area (Å²) in [6.45, 7) is 3.55. The van der Waals surface area contributed by atoms with Crippen LogP contribution < -0.4 is 4.74 Å². The van der Waals surface area contributed by atoms with Crippen molar-refractivity contribution >= 4 is 11.6 Å². The minimum atomic E-state index is -0.886. The van der Waals surface area contributed by atoms with Crippen molar-refractivity contribution in [1.82, 2.24) is 0 Å². The maximum absolute atomic E-state index is 13.3. The molecule has 0 aromatic heterocycles. The normalized spacial score (nSPS) is 12.3. The van der Waals surface area contributed by atoms with Crippen molar-refractivity contribution in [3.8, 4) is 5.75 Å². The Labute approximate surface area is 122 Å². The van der Waals surface area contributed by atoms with Crippen molar-refractivity contribution in [3.63, 3.8) is 0 Å². The number of aryl methyl sites for hydroxylation is 2. The molecule has 1 atom stereocenters. The molecule has 2 rings (SSSR count). The predicted molar refractivity (Wildman–Crippen MR) is 77.9 cm³/mol. The van der Waals surface area contributed by atoms with Gasteiger partial charge in [-0.25, -0.2) is 4.39 Å². The van der Waals surface area contributed by atoms with Crippen molar-refractivity contribution in [2.75, 3.05) is 7.11 Å². The highest BCUT2D eigenvalue weighted by Gasteiger charge is 2.20. The quantitative estimate of drug-likeness (QED) is 0.920. The average Bonchev–Trinajstić information content (AvgIpc) is 2.37. The SMILES string of the molecule is COc1cc(Cl)ccc1C(O)c1c(C)cc(F)cc1C. The molecule has 0 aliphatic carbocycles. The number of halogens is 2. The summed E-state index contributed by atoms with van der Waals surface area (Å²) in [4.78, 5) is 0. The Balaban J connectivity index is 2.54. The van der Waals surface area contributed by atoms with Gasteiger partial charge in [0.25, 0.3) is 0 Å². The van der Waals surface area contributed by atoms with E-state index in [1.54, 1.807) is 32.0 Å². The third kappa shape index (κ3) is 2.79. The fraction of sp³-hybridized carbons (Fsp3) is 0.250. The monoisotopic (exact) mass is 294 g/mol. The van der Waals surface area contributed by atoms with Gasteiger partial charge in [0.15, 0.2) is 0 Å². The van der Waals surface area contributed by atoms with Crippen LogP contribution >= 0.6 is 11.6 Å². The number of hydrogen-bond acceptors (Lipinski definition) is 2. The van der Waals surface area contributed by atoms with Crippen LogP contribution in [-0.2, 0) is 0 Å². The predicted octanol–water partition coefficient (Wildman–Crippen LogP) is 4.19. The van der Waals surface area contributed by atoms with Crippen LogP contribution in [0.3, 0.4) is 0 Å². The summed E-state index contributed by atoms with van der Waals surface area (Å²) in [5, 5.41) is 11.1. The van der Waals surface area contributed by atoms with Gasteiger partial charge in [-0.3, -0.25) is 0 Å². The second kappa shape index (κ2) is 5.81. The number of aliphatic hydroxyl groups is 1. The topological polar surface area (TPSA) is 29.5 Å². The van der Waals surface area contributed by atoms with E-state index in [2.05, 4.69) is 0 Å². The smallest absolute Gasteiger partial charge is 0.126 e. The molecule has 20 heavy (non-hydrogen) atoms. The maximum Gasteiger partial charge on any atom is 0.126 e. The van der Waals surface area contributed by atoms with Gasteiger partial charge in [-0.05, 0) is 54.8 Å². The van der Waals surface area contributed by atoms with Crippen LogP contribution in [0.4, 0.5) is 4.39 Å². The molecule has 0 bridgehead atoms. The molecule has 0 aliphatic rings. The fourth-order valence-electron chi connectivity index (χ4n) is 2.42. The third-order valence-electron chi connectivity index (χ3n) is 3.32. The lowest BCUT2D eigenvalue weighted by Gasteiger charge is -2.19. The number of aliphatic hydroxyl groups excluding tert-OH is 1. The number of hydrogen-bond donors (Lipinski definition) is 1. The molecule has 1 unspecified atom stereocenters. The zero-order valence-electron chi connectivity index (χ0n) is 11.6. The molecule has 0 amide bonds. The highest BCUT2D eigenvalue weighted by molar-refractivity contribution is 6.30. The number of methoxy groups -OCH3 is 1. The lowest BCUT2D eigenvalue weighted by atomic mass is 9.93. The van der Waals surface area contributed by atoms with E-state index >= 15 is 0 Å². The molecule has 0 saturated heterocycles. The van der Waals surface area contributed by atoms with E-state index in [0.717, 1.165) is 0 Å². The van der Waals surface area contributed by atoms with Crippen molar-refractivity contribution in [2.24, 2.45) is 0 Å². The van der Waals surface area contributed by atoms with E-state index in [0.29, 0.717) is 33.0 Å². The van der Waals surface area contributed by atoms with E-state index in [1.807, 2.05) is 0 Å². The van der Waals surface area contributed by atoms with Crippen LogP contribution in [0.15, 0.2) is 30.3 Å². The first kappa shape index (κ1) is 14.8. The van der Waals surface area contributed by atoms with Gasteiger partial charge in [0.2, 0.25) is 0 Å². The van der Waals surface area contributed by atoms with E-state index in [1.165, 1.54) is 19.2 Å². The molecule has 0 aliphatic heterocycles. The number of rotatable bonds is 3. The molecule has 0 spiro atoms. The van der Waals surface area contributed by atoms with Crippen molar-refractivity contribution in [3.05, 3.63) is 63.4 Å². The number of benzene rings is 2. The first-order chi connectivity index (χ1) is 9.43. The van der Waals surface area contributed by atoms with Gasteiger partial charge in [0, 0.05) is 10.6 Å². The van der Waals surface area contributed by atoms with E-state index in [4.69, 9.17) is 16.3 Å². The van der Waals surface area contributed by atoms with Crippen LogP contribution in [0.1, 0.15) is 28.4 Å². The molecular weight excluding hydrogens is 279 g/mol. The maximum atomic E-state index is 13.3. The molecule has 2 aromatic carbocycles. The van der Waals surface area contributed by atoms with Gasteiger partial charge in [-0.2, -0.15) is 0 Å². The minimum Gasteiger partial charge on any atom is -0.496 e. The summed E-state index contributed by atoms with van der Waals surface area (Å²) in [6.07, 6.45) is -0.886. The molecule has 1 N–H and O–H groups in total. The second-order valence-electron chi connectivity index (χ2n) is 4.74. The van der Waals surface area contributed by atoms with Gasteiger partial charge >= 0.3 is 0 Å². The van der Waals surface area contributed by atoms with Crippen LogP contribution in [0.5, 0.6) is 5.75 Å². The molecule has 2 nitrogen and oxygen atoms in total. The molecule has 0 heterocycles. The third-order valence-corrected chi connectivity index (χ3v) is 3.56. The first-order valence-electron chi connectivity index (χ1n) is 6.22. The summed E-state index contributed by atoms with van der Waals surface area (Å²) < 4.78 is 18.6. The van der Waals surface area contributed by atoms with E-state index in [-0.39, 0.29) is 5.82 Å². The summed E-state index contributed by atoms with van der Waals surface area (Å²) in [5.41, 5.74) is 2.70. The lowest BCUT2D eigenvalue weighted by molar-refractivity contribution is 0.213. The van der Waals surface area contributed by atoms with Crippen LogP contribution in [0, 0.1) is 19.7 Å². The second-order valence-corrected chi connectivity index (χ2v) is 5.18. The molecular formula is C16H16ClFO2. The van der Waals surface area contributed by atoms with Gasteiger partial charge < -0.3 is 9.84 Å². The van der Waals surface area contributed by atoms with Gasteiger partial charge in [-0.15, -0.1) is 0 Å². The number of ether oxygens (including phenoxy) is 1. The van der Waals surface area contributed by atoms with Gasteiger partial charge in [-0.1, -0.05) is 17.7 Å². The highest BCUT2D eigenvalue weighted by atomic mass is 35.5. The van der Waals surface area contributed by atoms with E-state index < -0.39 is 6.10 Å². The Morgan fingerprint density at radius 1 is 1.15 bits per heavy atom. The Morgan fingerprint density at radius 3 is 2.30 bits per heavy atom. The van der Waals surface area contributed by atoms with Crippen LogP contribution in [0.2, 0.25) is 5.02 Å². The fourth-order valence-corrected chi connectivity index (χ4v) is 2.58. The largest absolute Gasteiger partial charge is 0.496 e. The van der Waals surface area contributed by atoms with Crippen LogP contribution in [-0.4, -0.2) is 12.2 Å². The van der Waals surface area contributed by atoms with Crippen molar-refractivity contribution < 1.29 is 14.2 Å². The molecule has 0 saturated carbocycles. The summed E-state index contributed by atoms with van der Waals surface area (Å²) in [6, 6.07) is 7.88. The Kier molecular flexibility index (Phi) is 4.31. The average molecular weight is 295 g/mol. The Hall–Kier alpha value is -1.58. The standard InChI is InChI=1S/C16H16ClFO2/c1-9-6-12(18)7-10(2)15(9)16(19)13-5-4-11(17)8-14(13)20-3/h4-8,16,19H,1-3H3. The zero-order chi connectivity index (χ0) is 14.9. The van der Waals surface area contributed by atoms with Crippen LogP contribution in [0.25, 0.3) is 0 Å². The van der Waals surface area contributed by atoms with Gasteiger partial charge in [0.05, 0.1) is 7.11 Å². The lowest BCUT2D eigenvalue weighted by Crippen LogP contribution is -2.07. The first-order valence-corrected chi connectivity index (χ1v) is 6.60. The summed E-state index contributed by atoms with van der Waals surface area (Å²) in [5.74, 6) is 0.201. The minimum absolute atomic E-state index is 0.306. The molecule has 106 valence electrons. The van der Waals surface area contributed by atoms with Crippen molar-refractivity contribution in [1.29, 1.82) is 0 Å². The molecule has 0 radical (unpaired) electrons.